The second-order valence-electron chi connectivity index (χ2n) is 5.52. The van der Waals surface area contributed by atoms with E-state index in [0.29, 0.717) is 18.1 Å². The molecule has 2 nitrogen and oxygen atoms in total. The van der Waals surface area contributed by atoms with Gasteiger partial charge in [-0.15, -0.1) is 0 Å². The van der Waals surface area contributed by atoms with Crippen molar-refractivity contribution in [1.29, 1.82) is 0 Å². The molecule has 0 aliphatic heterocycles. The van der Waals surface area contributed by atoms with E-state index in [1.807, 2.05) is 0 Å². The Kier molecular flexibility index (Phi) is 7.11. The van der Waals surface area contributed by atoms with Gasteiger partial charge < -0.3 is 5.32 Å². The van der Waals surface area contributed by atoms with E-state index in [4.69, 9.17) is 0 Å². The van der Waals surface area contributed by atoms with Crippen LogP contribution in [0.5, 0.6) is 0 Å². The molecule has 2 atom stereocenters. The standard InChI is InChI=1S/C17H30N2/c1-6-13-19(14(3)4)15(5)17(18-7-2)16-11-9-8-10-12-16/h8-12,14-15,17-18H,6-7,13H2,1-5H3. The zero-order chi connectivity index (χ0) is 14.3. The zero-order valence-corrected chi connectivity index (χ0v) is 13.2. The molecule has 0 aliphatic rings. The summed E-state index contributed by atoms with van der Waals surface area (Å²) in [6.45, 7) is 13.5. The van der Waals surface area contributed by atoms with Crippen LogP contribution in [-0.4, -0.2) is 30.1 Å². The molecule has 1 rings (SSSR count). The minimum absolute atomic E-state index is 0.403. The van der Waals surface area contributed by atoms with Crippen molar-refractivity contribution in [2.75, 3.05) is 13.1 Å². The van der Waals surface area contributed by atoms with Gasteiger partial charge in [-0.05, 0) is 45.8 Å². The van der Waals surface area contributed by atoms with Gasteiger partial charge in [-0.2, -0.15) is 0 Å². The van der Waals surface area contributed by atoms with Gasteiger partial charge in [-0.1, -0.05) is 44.2 Å². The topological polar surface area (TPSA) is 15.3 Å². The molecule has 2 unspecified atom stereocenters. The Bertz CT molecular complexity index is 334. The van der Waals surface area contributed by atoms with Gasteiger partial charge in [0.25, 0.3) is 0 Å². The highest BCUT2D eigenvalue weighted by atomic mass is 15.2. The highest BCUT2D eigenvalue weighted by molar-refractivity contribution is 5.20. The van der Waals surface area contributed by atoms with Gasteiger partial charge in [0.2, 0.25) is 0 Å². The molecule has 0 radical (unpaired) electrons. The summed E-state index contributed by atoms with van der Waals surface area (Å²) in [4.78, 5) is 2.60. The van der Waals surface area contributed by atoms with Crippen LogP contribution < -0.4 is 5.32 Å². The lowest BCUT2D eigenvalue weighted by molar-refractivity contribution is 0.132. The molecule has 0 heterocycles. The summed E-state index contributed by atoms with van der Waals surface area (Å²) in [7, 11) is 0. The molecule has 1 aromatic rings. The van der Waals surface area contributed by atoms with Gasteiger partial charge in [-0.25, -0.2) is 0 Å². The largest absolute Gasteiger partial charge is 0.309 e. The number of nitrogens with zero attached hydrogens (tertiary/aromatic N) is 1. The minimum Gasteiger partial charge on any atom is -0.309 e. The highest BCUT2D eigenvalue weighted by Crippen LogP contribution is 2.22. The van der Waals surface area contributed by atoms with Crippen molar-refractivity contribution < 1.29 is 0 Å². The van der Waals surface area contributed by atoms with Crippen LogP contribution in [0.1, 0.15) is 52.6 Å². The lowest BCUT2D eigenvalue weighted by atomic mass is 9.98. The van der Waals surface area contributed by atoms with E-state index in [2.05, 4.69) is 75.2 Å². The molecule has 0 amide bonds. The first-order valence-corrected chi connectivity index (χ1v) is 7.65. The molecule has 1 aromatic carbocycles. The molecule has 1 N–H and O–H groups in total. The van der Waals surface area contributed by atoms with Crippen LogP contribution in [0.3, 0.4) is 0 Å². The summed E-state index contributed by atoms with van der Waals surface area (Å²) in [5.74, 6) is 0. The molecule has 0 bridgehead atoms. The maximum absolute atomic E-state index is 3.65. The Labute approximate surface area is 119 Å². The van der Waals surface area contributed by atoms with Crippen molar-refractivity contribution in [1.82, 2.24) is 10.2 Å². The van der Waals surface area contributed by atoms with E-state index in [9.17, 15) is 0 Å². The third-order valence-corrected chi connectivity index (χ3v) is 3.73. The van der Waals surface area contributed by atoms with Gasteiger partial charge >= 0.3 is 0 Å². The first-order chi connectivity index (χ1) is 9.11. The SMILES string of the molecule is CCCN(C(C)C)C(C)C(NCC)c1ccccc1. The van der Waals surface area contributed by atoms with Crippen LogP contribution >= 0.6 is 0 Å². The highest BCUT2D eigenvalue weighted by Gasteiger charge is 2.25. The second-order valence-corrected chi connectivity index (χ2v) is 5.52. The molecule has 108 valence electrons. The summed E-state index contributed by atoms with van der Waals surface area (Å²) in [6, 6.07) is 12.3. The summed E-state index contributed by atoms with van der Waals surface area (Å²) in [5, 5.41) is 3.65. The van der Waals surface area contributed by atoms with Crippen molar-refractivity contribution in [3.8, 4) is 0 Å². The van der Waals surface area contributed by atoms with Crippen LogP contribution in [0, 0.1) is 0 Å². The quantitative estimate of drug-likeness (QED) is 0.765. The Morgan fingerprint density at radius 3 is 2.16 bits per heavy atom. The molecular formula is C17H30N2. The number of rotatable bonds is 8. The van der Waals surface area contributed by atoms with Crippen molar-refractivity contribution in [2.45, 2.75) is 59.2 Å². The fourth-order valence-corrected chi connectivity index (χ4v) is 2.83. The monoisotopic (exact) mass is 262 g/mol. The van der Waals surface area contributed by atoms with Crippen molar-refractivity contribution >= 4 is 0 Å². The summed E-state index contributed by atoms with van der Waals surface area (Å²) in [6.07, 6.45) is 1.20. The molecule has 0 aromatic heterocycles. The minimum atomic E-state index is 0.403. The third-order valence-electron chi connectivity index (χ3n) is 3.73. The van der Waals surface area contributed by atoms with Gasteiger partial charge in [0.05, 0.1) is 0 Å². The summed E-state index contributed by atoms with van der Waals surface area (Å²) >= 11 is 0. The Morgan fingerprint density at radius 2 is 1.68 bits per heavy atom. The maximum Gasteiger partial charge on any atom is 0.0475 e. The Hall–Kier alpha value is -0.860. The lowest BCUT2D eigenvalue weighted by Gasteiger charge is -2.38. The molecule has 19 heavy (non-hydrogen) atoms. The predicted octanol–water partition coefficient (Wildman–Crippen LogP) is 3.85. The third kappa shape index (κ3) is 4.63. The van der Waals surface area contributed by atoms with Crippen LogP contribution in [0.15, 0.2) is 30.3 Å². The Balaban J connectivity index is 2.91. The van der Waals surface area contributed by atoms with Gasteiger partial charge in [-0.3, -0.25) is 4.90 Å². The van der Waals surface area contributed by atoms with Gasteiger partial charge in [0, 0.05) is 18.1 Å². The van der Waals surface area contributed by atoms with Crippen LogP contribution in [-0.2, 0) is 0 Å². The van der Waals surface area contributed by atoms with Gasteiger partial charge in [0.1, 0.15) is 0 Å². The molecular weight excluding hydrogens is 232 g/mol. The molecule has 0 spiro atoms. The normalized spacial score (nSPS) is 14.9. The average molecular weight is 262 g/mol. The number of hydrogen-bond acceptors (Lipinski definition) is 2. The van der Waals surface area contributed by atoms with Crippen LogP contribution in [0.25, 0.3) is 0 Å². The smallest absolute Gasteiger partial charge is 0.0475 e. The van der Waals surface area contributed by atoms with E-state index in [1.54, 1.807) is 0 Å². The Morgan fingerprint density at radius 1 is 1.05 bits per heavy atom. The average Bonchev–Trinajstić information content (AvgIpc) is 2.42. The number of likely N-dealkylation sites (N-methyl/N-ethyl adjacent to an activating group) is 1. The molecule has 0 aliphatic carbocycles. The fourth-order valence-electron chi connectivity index (χ4n) is 2.83. The fraction of sp³-hybridized carbons (Fsp3) is 0.647. The number of nitrogens with one attached hydrogen (secondary N) is 1. The molecule has 0 saturated carbocycles. The van der Waals surface area contributed by atoms with Crippen molar-refractivity contribution in [3.05, 3.63) is 35.9 Å². The molecule has 0 fully saturated rings. The first kappa shape index (κ1) is 16.2. The van der Waals surface area contributed by atoms with Crippen molar-refractivity contribution in [2.24, 2.45) is 0 Å². The first-order valence-electron chi connectivity index (χ1n) is 7.65. The van der Waals surface area contributed by atoms with E-state index in [-0.39, 0.29) is 0 Å². The van der Waals surface area contributed by atoms with Crippen LogP contribution in [0.4, 0.5) is 0 Å². The van der Waals surface area contributed by atoms with Gasteiger partial charge in [0.15, 0.2) is 0 Å². The number of hydrogen-bond donors (Lipinski definition) is 1. The van der Waals surface area contributed by atoms with E-state index in [1.165, 1.54) is 12.0 Å². The van der Waals surface area contributed by atoms with E-state index < -0.39 is 0 Å². The van der Waals surface area contributed by atoms with E-state index >= 15 is 0 Å². The van der Waals surface area contributed by atoms with Crippen LogP contribution in [0.2, 0.25) is 0 Å². The molecule has 2 heteroatoms. The second kappa shape index (κ2) is 8.34. The number of benzene rings is 1. The predicted molar refractivity (Wildman–Crippen MR) is 84.5 cm³/mol. The van der Waals surface area contributed by atoms with E-state index in [0.717, 1.165) is 13.1 Å². The summed E-state index contributed by atoms with van der Waals surface area (Å²) in [5.41, 5.74) is 1.39. The maximum atomic E-state index is 3.65. The molecule has 0 saturated heterocycles. The van der Waals surface area contributed by atoms with Crippen molar-refractivity contribution in [3.63, 3.8) is 0 Å². The summed E-state index contributed by atoms with van der Waals surface area (Å²) < 4.78 is 0. The zero-order valence-electron chi connectivity index (χ0n) is 13.2. The lowest BCUT2D eigenvalue weighted by Crippen LogP contribution is -2.46.